The molecule has 0 aliphatic rings. The predicted octanol–water partition coefficient (Wildman–Crippen LogP) is 3.65. The molecule has 0 fully saturated rings. The van der Waals surface area contributed by atoms with Gasteiger partial charge in [-0.3, -0.25) is 9.10 Å². The Hall–Kier alpha value is -2.05. The van der Waals surface area contributed by atoms with Crippen molar-refractivity contribution in [2.75, 3.05) is 24.4 Å². The van der Waals surface area contributed by atoms with Gasteiger partial charge < -0.3 is 4.90 Å². The van der Waals surface area contributed by atoms with Crippen LogP contribution < -0.4 is 4.31 Å². The summed E-state index contributed by atoms with van der Waals surface area (Å²) in [6.45, 7) is 4.86. The normalized spacial score (nSPS) is 11.2. The van der Waals surface area contributed by atoms with Crippen LogP contribution in [-0.2, 0) is 10.0 Å². The van der Waals surface area contributed by atoms with E-state index in [1.165, 1.54) is 25.2 Å². The Bertz CT molecular complexity index is 850. The van der Waals surface area contributed by atoms with E-state index in [-0.39, 0.29) is 16.4 Å². The van der Waals surface area contributed by atoms with Gasteiger partial charge in [0.15, 0.2) is 0 Å². The van der Waals surface area contributed by atoms with Crippen molar-refractivity contribution in [2.45, 2.75) is 18.7 Å². The Kier molecular flexibility index (Phi) is 6.08. The summed E-state index contributed by atoms with van der Waals surface area (Å²) < 4.78 is 26.6. The fraction of sp³-hybridized carbons (Fsp3) is 0.278. The molecule has 7 heteroatoms. The molecule has 5 nitrogen and oxygen atoms in total. The Morgan fingerprint density at radius 1 is 1.04 bits per heavy atom. The topological polar surface area (TPSA) is 57.7 Å². The van der Waals surface area contributed by atoms with Crippen LogP contribution in [0.2, 0.25) is 5.02 Å². The molecule has 0 spiro atoms. The van der Waals surface area contributed by atoms with Crippen molar-refractivity contribution in [3.05, 3.63) is 59.1 Å². The highest BCUT2D eigenvalue weighted by atomic mass is 35.5. The molecule has 0 heterocycles. The third kappa shape index (κ3) is 3.96. The van der Waals surface area contributed by atoms with E-state index >= 15 is 0 Å². The minimum Gasteiger partial charge on any atom is -0.339 e. The van der Waals surface area contributed by atoms with Crippen molar-refractivity contribution in [3.8, 4) is 0 Å². The lowest BCUT2D eigenvalue weighted by atomic mass is 10.1. The zero-order valence-electron chi connectivity index (χ0n) is 14.4. The molecular weight excluding hydrogens is 360 g/mol. The monoisotopic (exact) mass is 380 g/mol. The van der Waals surface area contributed by atoms with Crippen LogP contribution in [0.4, 0.5) is 5.69 Å². The molecule has 0 aliphatic heterocycles. The predicted molar refractivity (Wildman–Crippen MR) is 101 cm³/mol. The molecule has 134 valence electrons. The number of carbonyl (C=O) groups excluding carboxylic acids is 1. The molecule has 0 unspecified atom stereocenters. The number of anilines is 1. The van der Waals surface area contributed by atoms with Gasteiger partial charge in [-0.2, -0.15) is 0 Å². The van der Waals surface area contributed by atoms with E-state index in [9.17, 15) is 13.2 Å². The van der Waals surface area contributed by atoms with Crippen molar-refractivity contribution < 1.29 is 13.2 Å². The van der Waals surface area contributed by atoms with Crippen molar-refractivity contribution in [1.82, 2.24) is 4.90 Å². The summed E-state index contributed by atoms with van der Waals surface area (Å²) in [5.74, 6) is -0.220. The van der Waals surface area contributed by atoms with Gasteiger partial charge in [-0.25, -0.2) is 8.42 Å². The average molecular weight is 381 g/mol. The van der Waals surface area contributed by atoms with Gasteiger partial charge in [0.25, 0.3) is 15.9 Å². The van der Waals surface area contributed by atoms with Gasteiger partial charge in [-0.1, -0.05) is 29.8 Å². The molecule has 2 aromatic rings. The Morgan fingerprint density at radius 2 is 1.64 bits per heavy atom. The summed E-state index contributed by atoms with van der Waals surface area (Å²) >= 11 is 6.17. The Labute approximate surface area is 153 Å². The summed E-state index contributed by atoms with van der Waals surface area (Å²) in [5, 5.41) is 0.297. The second kappa shape index (κ2) is 7.89. The van der Waals surface area contributed by atoms with Gasteiger partial charge in [0.05, 0.1) is 21.2 Å². The summed E-state index contributed by atoms with van der Waals surface area (Å²) in [6.07, 6.45) is 0. The number of sulfonamides is 1. The van der Waals surface area contributed by atoms with E-state index in [2.05, 4.69) is 0 Å². The molecule has 0 aliphatic carbocycles. The molecule has 0 saturated heterocycles. The van der Waals surface area contributed by atoms with Gasteiger partial charge in [0.1, 0.15) is 0 Å². The van der Waals surface area contributed by atoms with E-state index in [0.717, 1.165) is 4.31 Å². The number of carbonyl (C=O) groups is 1. The van der Waals surface area contributed by atoms with Crippen LogP contribution in [0.5, 0.6) is 0 Å². The molecule has 0 saturated carbocycles. The number of nitrogens with zero attached hydrogens (tertiary/aromatic N) is 2. The maximum atomic E-state index is 12.7. The fourth-order valence-electron chi connectivity index (χ4n) is 2.44. The lowest BCUT2D eigenvalue weighted by molar-refractivity contribution is 0.0773. The first-order valence-corrected chi connectivity index (χ1v) is 9.77. The molecule has 1 amide bonds. The first-order chi connectivity index (χ1) is 11.8. The summed E-state index contributed by atoms with van der Waals surface area (Å²) in [6, 6.07) is 12.8. The highest BCUT2D eigenvalue weighted by molar-refractivity contribution is 7.92. The van der Waals surface area contributed by atoms with Crippen LogP contribution in [0.25, 0.3) is 0 Å². The zero-order valence-corrected chi connectivity index (χ0v) is 16.0. The number of amides is 1. The van der Waals surface area contributed by atoms with E-state index < -0.39 is 10.0 Å². The highest BCUT2D eigenvalue weighted by Crippen LogP contribution is 2.27. The molecule has 0 radical (unpaired) electrons. The number of benzene rings is 2. The van der Waals surface area contributed by atoms with Gasteiger partial charge in [0.2, 0.25) is 0 Å². The van der Waals surface area contributed by atoms with Gasteiger partial charge in [0, 0.05) is 20.1 Å². The summed E-state index contributed by atoms with van der Waals surface area (Å²) in [7, 11) is -2.26. The van der Waals surface area contributed by atoms with E-state index in [1.807, 2.05) is 13.8 Å². The minimum absolute atomic E-state index is 0.184. The lowest BCUT2D eigenvalue weighted by Crippen LogP contribution is -2.31. The van der Waals surface area contributed by atoms with Crippen LogP contribution in [0, 0.1) is 0 Å². The Morgan fingerprint density at radius 3 is 2.20 bits per heavy atom. The fourth-order valence-corrected chi connectivity index (χ4v) is 3.85. The second-order valence-corrected chi connectivity index (χ2v) is 7.80. The highest BCUT2D eigenvalue weighted by Gasteiger charge is 2.23. The Balaban J connectivity index is 2.44. The van der Waals surface area contributed by atoms with Crippen LogP contribution in [-0.4, -0.2) is 39.4 Å². The van der Waals surface area contributed by atoms with Crippen LogP contribution in [0.1, 0.15) is 24.2 Å². The zero-order chi connectivity index (χ0) is 18.6. The second-order valence-electron chi connectivity index (χ2n) is 5.43. The molecule has 25 heavy (non-hydrogen) atoms. The summed E-state index contributed by atoms with van der Waals surface area (Å²) in [4.78, 5) is 14.4. The van der Waals surface area contributed by atoms with Gasteiger partial charge >= 0.3 is 0 Å². The lowest BCUT2D eigenvalue weighted by Gasteiger charge is -2.23. The van der Waals surface area contributed by atoms with Gasteiger partial charge in [-0.15, -0.1) is 0 Å². The van der Waals surface area contributed by atoms with E-state index in [4.69, 9.17) is 11.6 Å². The van der Waals surface area contributed by atoms with Gasteiger partial charge in [-0.05, 0) is 44.2 Å². The summed E-state index contributed by atoms with van der Waals surface area (Å²) in [5.41, 5.74) is 0.668. The number of halogens is 1. The molecule has 2 rings (SSSR count). The first kappa shape index (κ1) is 19.3. The number of rotatable bonds is 6. The number of hydrogen-bond donors (Lipinski definition) is 0. The standard InChI is InChI=1S/C18H21ClN2O3S/c1-4-21(5-2)18(22)16-13-14(11-12-17(16)19)20(3)25(23,24)15-9-7-6-8-10-15/h6-13H,4-5H2,1-3H3. The van der Waals surface area contributed by atoms with Crippen LogP contribution in [0.3, 0.4) is 0 Å². The smallest absolute Gasteiger partial charge is 0.264 e. The van der Waals surface area contributed by atoms with Crippen LogP contribution >= 0.6 is 11.6 Å². The van der Waals surface area contributed by atoms with Crippen molar-refractivity contribution in [2.24, 2.45) is 0 Å². The first-order valence-electron chi connectivity index (χ1n) is 7.95. The molecule has 0 atom stereocenters. The third-order valence-corrected chi connectivity index (χ3v) is 6.13. The maximum absolute atomic E-state index is 12.7. The molecule has 0 bridgehead atoms. The van der Waals surface area contributed by atoms with Crippen molar-refractivity contribution >= 4 is 33.2 Å². The molecular formula is C18H21ClN2O3S. The van der Waals surface area contributed by atoms with Crippen LogP contribution in [0.15, 0.2) is 53.4 Å². The van der Waals surface area contributed by atoms with Crippen molar-refractivity contribution in [3.63, 3.8) is 0 Å². The maximum Gasteiger partial charge on any atom is 0.264 e. The SMILES string of the molecule is CCN(CC)C(=O)c1cc(N(C)S(=O)(=O)c2ccccc2)ccc1Cl. The minimum atomic E-state index is -3.71. The molecule has 2 aromatic carbocycles. The average Bonchev–Trinajstić information content (AvgIpc) is 2.63. The van der Waals surface area contributed by atoms with Crippen molar-refractivity contribution in [1.29, 1.82) is 0 Å². The molecule has 0 aromatic heterocycles. The number of hydrogen-bond acceptors (Lipinski definition) is 3. The molecule has 0 N–H and O–H groups in total. The largest absolute Gasteiger partial charge is 0.339 e. The van der Waals surface area contributed by atoms with E-state index in [0.29, 0.717) is 23.8 Å². The van der Waals surface area contributed by atoms with E-state index in [1.54, 1.807) is 35.2 Å². The quantitative estimate of drug-likeness (QED) is 0.768. The third-order valence-electron chi connectivity index (χ3n) is 4.00.